The van der Waals surface area contributed by atoms with Gasteiger partial charge in [-0.1, -0.05) is 13.8 Å². The highest BCUT2D eigenvalue weighted by molar-refractivity contribution is 14.1. The van der Waals surface area contributed by atoms with Gasteiger partial charge in [0.1, 0.15) is 0 Å². The normalized spacial score (nSPS) is 28.4. The molecule has 2 nitrogen and oxygen atoms in total. The van der Waals surface area contributed by atoms with E-state index >= 15 is 0 Å². The quantitative estimate of drug-likeness (QED) is 0.830. The summed E-state index contributed by atoms with van der Waals surface area (Å²) in [4.78, 5) is 2.58. The molecule has 18 heavy (non-hydrogen) atoms. The molecule has 0 amide bonds. The zero-order valence-electron chi connectivity index (χ0n) is 11.5. The summed E-state index contributed by atoms with van der Waals surface area (Å²) < 4.78 is 1.30. The molecule has 2 rings (SSSR count). The summed E-state index contributed by atoms with van der Waals surface area (Å²) in [5, 5.41) is 3.71. The number of halogens is 1. The summed E-state index contributed by atoms with van der Waals surface area (Å²) in [6, 6.07) is 9.53. The van der Waals surface area contributed by atoms with E-state index in [0.29, 0.717) is 6.04 Å². The van der Waals surface area contributed by atoms with Crippen LogP contribution in [0.15, 0.2) is 24.3 Å². The lowest BCUT2D eigenvalue weighted by molar-refractivity contribution is 0.276. The molecule has 1 N–H and O–H groups in total. The van der Waals surface area contributed by atoms with E-state index in [1.165, 1.54) is 22.1 Å². The van der Waals surface area contributed by atoms with Gasteiger partial charge >= 0.3 is 0 Å². The van der Waals surface area contributed by atoms with Crippen molar-refractivity contribution in [1.29, 1.82) is 0 Å². The highest BCUT2D eigenvalue weighted by Crippen LogP contribution is 2.27. The molecule has 1 saturated heterocycles. The van der Waals surface area contributed by atoms with Gasteiger partial charge in [-0.2, -0.15) is 0 Å². The summed E-state index contributed by atoms with van der Waals surface area (Å²) in [6.07, 6.45) is 2.36. The standard InChI is InChI=1S/C15H23IN2/c1-4-13-10-17-15(3,5-2)11-18(13)14-8-6-12(16)7-9-14/h6-9,13,17H,4-5,10-11H2,1-3H3. The zero-order valence-corrected chi connectivity index (χ0v) is 13.7. The molecule has 3 heteroatoms. The van der Waals surface area contributed by atoms with Crippen LogP contribution >= 0.6 is 22.6 Å². The van der Waals surface area contributed by atoms with E-state index in [4.69, 9.17) is 0 Å². The number of nitrogens with one attached hydrogen (secondary N) is 1. The molecule has 1 aromatic rings. The zero-order chi connectivity index (χ0) is 13.2. The maximum absolute atomic E-state index is 3.71. The molecule has 1 heterocycles. The van der Waals surface area contributed by atoms with Crippen LogP contribution < -0.4 is 10.2 Å². The lowest BCUT2D eigenvalue weighted by Gasteiger charge is -2.47. The largest absolute Gasteiger partial charge is 0.365 e. The van der Waals surface area contributed by atoms with Gasteiger partial charge < -0.3 is 10.2 Å². The maximum atomic E-state index is 3.71. The van der Waals surface area contributed by atoms with Crippen LogP contribution in [0.2, 0.25) is 0 Å². The minimum atomic E-state index is 0.245. The number of piperazine rings is 1. The Morgan fingerprint density at radius 2 is 2.00 bits per heavy atom. The molecule has 1 fully saturated rings. The number of rotatable bonds is 3. The van der Waals surface area contributed by atoms with Crippen LogP contribution in [0.3, 0.4) is 0 Å². The molecule has 0 radical (unpaired) electrons. The first-order chi connectivity index (χ1) is 8.58. The molecule has 2 unspecified atom stereocenters. The fraction of sp³-hybridized carbons (Fsp3) is 0.600. The van der Waals surface area contributed by atoms with Crippen molar-refractivity contribution in [3.05, 3.63) is 27.8 Å². The highest BCUT2D eigenvalue weighted by Gasteiger charge is 2.33. The number of nitrogens with zero attached hydrogens (tertiary/aromatic N) is 1. The minimum Gasteiger partial charge on any atom is -0.365 e. The van der Waals surface area contributed by atoms with Gasteiger partial charge in [0.2, 0.25) is 0 Å². The van der Waals surface area contributed by atoms with Crippen molar-refractivity contribution in [2.75, 3.05) is 18.0 Å². The maximum Gasteiger partial charge on any atom is 0.0412 e. The second-order valence-electron chi connectivity index (χ2n) is 5.46. The molecule has 0 bridgehead atoms. The number of anilines is 1. The molecule has 1 aliphatic heterocycles. The van der Waals surface area contributed by atoms with E-state index in [2.05, 4.69) is 77.8 Å². The summed E-state index contributed by atoms with van der Waals surface area (Å²) in [5.74, 6) is 0. The lowest BCUT2D eigenvalue weighted by Crippen LogP contribution is -2.62. The number of hydrogen-bond acceptors (Lipinski definition) is 2. The Morgan fingerprint density at radius 1 is 1.33 bits per heavy atom. The monoisotopic (exact) mass is 358 g/mol. The predicted octanol–water partition coefficient (Wildman–Crippen LogP) is 3.65. The molecule has 0 aromatic heterocycles. The lowest BCUT2D eigenvalue weighted by atomic mass is 9.92. The van der Waals surface area contributed by atoms with Gasteiger partial charge in [0.25, 0.3) is 0 Å². The van der Waals surface area contributed by atoms with Crippen LogP contribution in [0, 0.1) is 3.57 Å². The molecule has 1 aromatic carbocycles. The third-order valence-electron chi connectivity index (χ3n) is 4.13. The average Bonchev–Trinajstić information content (AvgIpc) is 2.40. The molecule has 1 aliphatic rings. The Kier molecular flexibility index (Phi) is 4.54. The third-order valence-corrected chi connectivity index (χ3v) is 4.85. The molecule has 100 valence electrons. The minimum absolute atomic E-state index is 0.245. The summed E-state index contributed by atoms with van der Waals surface area (Å²) >= 11 is 2.37. The molecular formula is C15H23IN2. The second kappa shape index (κ2) is 5.78. The van der Waals surface area contributed by atoms with Crippen molar-refractivity contribution in [2.24, 2.45) is 0 Å². The van der Waals surface area contributed by atoms with Crippen LogP contribution in [0.4, 0.5) is 5.69 Å². The van der Waals surface area contributed by atoms with Crippen molar-refractivity contribution in [3.8, 4) is 0 Å². The van der Waals surface area contributed by atoms with E-state index < -0.39 is 0 Å². The van der Waals surface area contributed by atoms with Crippen molar-refractivity contribution in [1.82, 2.24) is 5.32 Å². The molecule has 0 saturated carbocycles. The average molecular weight is 358 g/mol. The SMILES string of the molecule is CCC1CNC(C)(CC)CN1c1ccc(I)cc1. The smallest absolute Gasteiger partial charge is 0.0412 e. The summed E-state index contributed by atoms with van der Waals surface area (Å²) in [7, 11) is 0. The van der Waals surface area contributed by atoms with Crippen LogP contribution in [-0.4, -0.2) is 24.7 Å². The summed E-state index contributed by atoms with van der Waals surface area (Å²) in [5.41, 5.74) is 1.61. The van der Waals surface area contributed by atoms with Gasteiger partial charge in [-0.3, -0.25) is 0 Å². The third kappa shape index (κ3) is 2.99. The van der Waals surface area contributed by atoms with E-state index in [1.54, 1.807) is 0 Å². The van der Waals surface area contributed by atoms with Gasteiger partial charge in [0, 0.05) is 33.9 Å². The Balaban J connectivity index is 2.23. The van der Waals surface area contributed by atoms with Crippen LogP contribution in [0.1, 0.15) is 33.6 Å². The molecular weight excluding hydrogens is 335 g/mol. The number of benzene rings is 1. The van der Waals surface area contributed by atoms with Crippen molar-refractivity contribution < 1.29 is 0 Å². The highest BCUT2D eigenvalue weighted by atomic mass is 127. The fourth-order valence-corrected chi connectivity index (χ4v) is 2.93. The van der Waals surface area contributed by atoms with Gasteiger partial charge in [-0.05, 0) is 66.6 Å². The van der Waals surface area contributed by atoms with Crippen molar-refractivity contribution in [3.63, 3.8) is 0 Å². The van der Waals surface area contributed by atoms with E-state index in [0.717, 1.165) is 13.1 Å². The topological polar surface area (TPSA) is 15.3 Å². The Labute approximate surface area is 124 Å². The van der Waals surface area contributed by atoms with Gasteiger partial charge in [-0.15, -0.1) is 0 Å². The number of hydrogen-bond donors (Lipinski definition) is 1. The second-order valence-corrected chi connectivity index (χ2v) is 6.71. The van der Waals surface area contributed by atoms with Crippen LogP contribution in [0.25, 0.3) is 0 Å². The van der Waals surface area contributed by atoms with Crippen LogP contribution in [-0.2, 0) is 0 Å². The van der Waals surface area contributed by atoms with Gasteiger partial charge in [0.15, 0.2) is 0 Å². The Hall–Kier alpha value is -0.290. The fourth-order valence-electron chi connectivity index (χ4n) is 2.57. The first kappa shape index (κ1) is 14.1. The van der Waals surface area contributed by atoms with Crippen LogP contribution in [0.5, 0.6) is 0 Å². The Morgan fingerprint density at radius 3 is 2.56 bits per heavy atom. The first-order valence-electron chi connectivity index (χ1n) is 6.85. The molecule has 0 aliphatic carbocycles. The van der Waals surface area contributed by atoms with Gasteiger partial charge in [0.05, 0.1) is 0 Å². The first-order valence-corrected chi connectivity index (χ1v) is 7.93. The van der Waals surface area contributed by atoms with E-state index in [9.17, 15) is 0 Å². The van der Waals surface area contributed by atoms with Crippen molar-refractivity contribution >= 4 is 28.3 Å². The van der Waals surface area contributed by atoms with Gasteiger partial charge in [-0.25, -0.2) is 0 Å². The molecule has 2 atom stereocenters. The van der Waals surface area contributed by atoms with E-state index in [-0.39, 0.29) is 5.54 Å². The Bertz CT molecular complexity index is 390. The molecule has 0 spiro atoms. The van der Waals surface area contributed by atoms with E-state index in [1.807, 2.05) is 0 Å². The summed E-state index contributed by atoms with van der Waals surface area (Å²) in [6.45, 7) is 9.07. The van der Waals surface area contributed by atoms with Crippen molar-refractivity contribution in [2.45, 2.75) is 45.2 Å². The predicted molar refractivity (Wildman–Crippen MR) is 87.3 cm³/mol.